The van der Waals surface area contributed by atoms with Gasteiger partial charge < -0.3 is 33.2 Å². The number of carbonyl (C=O) groups excluding carboxylic acids is 7. The topological polar surface area (TPSA) is 184 Å². The summed E-state index contributed by atoms with van der Waals surface area (Å²) in [5.74, 6) is 19.8. The Balaban J connectivity index is 0. The molecular formula is C136H262O14. The third-order valence-electron chi connectivity index (χ3n) is 44.7. The largest absolute Gasteiger partial charge is 0.459 e. The normalized spacial score (nSPS) is 36.5. The van der Waals surface area contributed by atoms with Gasteiger partial charge in [-0.05, 0) is 515 Å². The lowest BCUT2D eigenvalue weighted by Crippen LogP contribution is -2.58. The molecule has 0 aromatic heterocycles. The highest BCUT2D eigenvalue weighted by Gasteiger charge is 2.69. The van der Waals surface area contributed by atoms with Crippen LogP contribution in [0.3, 0.4) is 0 Å². The Morgan fingerprint density at radius 1 is 0.247 bits per heavy atom. The summed E-state index contributed by atoms with van der Waals surface area (Å²) in [5.41, 5.74) is -3.66. The van der Waals surface area contributed by atoms with Crippen molar-refractivity contribution < 1.29 is 66.7 Å². The van der Waals surface area contributed by atoms with Crippen molar-refractivity contribution in [3.8, 4) is 0 Å². The maximum Gasteiger partial charge on any atom is 0.312 e. The summed E-state index contributed by atoms with van der Waals surface area (Å²) in [6, 6.07) is 0. The van der Waals surface area contributed by atoms with E-state index in [0.717, 1.165) is 184 Å². The second kappa shape index (κ2) is 56.1. The van der Waals surface area contributed by atoms with Gasteiger partial charge in [-0.2, -0.15) is 0 Å². The second-order valence-corrected chi connectivity index (χ2v) is 57.3. The smallest absolute Gasteiger partial charge is 0.312 e. The Kier molecular flexibility index (Phi) is 55.4. The first-order valence-corrected chi connectivity index (χ1v) is 57.9. The first-order valence-electron chi connectivity index (χ1n) is 57.9. The van der Waals surface area contributed by atoms with Crippen molar-refractivity contribution in [2.24, 2.45) is 185 Å². The summed E-state index contributed by atoms with van der Waals surface area (Å²) >= 11 is 0. The minimum absolute atomic E-state index is 0. The third-order valence-corrected chi connectivity index (χ3v) is 44.7. The molecule has 21 unspecified atom stereocenters. The molecule has 0 radical (unpaired) electrons. The number of hydrogen-bond acceptors (Lipinski definition) is 14. The van der Waals surface area contributed by atoms with Crippen molar-refractivity contribution in [3.63, 3.8) is 0 Å². The summed E-state index contributed by atoms with van der Waals surface area (Å²) in [5, 5.41) is 0. The van der Waals surface area contributed by atoms with Gasteiger partial charge in [-0.1, -0.05) is 210 Å². The molecule has 14 heteroatoms. The van der Waals surface area contributed by atoms with Crippen molar-refractivity contribution in [3.05, 3.63) is 0 Å². The number of ether oxygens (including phenoxy) is 7. The van der Waals surface area contributed by atoms with Crippen LogP contribution in [0.5, 0.6) is 0 Å². The fraction of sp³-hybridized carbons (Fsp3) is 0.949. The lowest BCUT2D eigenvalue weighted by atomic mass is 9.46. The lowest BCUT2D eigenvalue weighted by Gasteiger charge is -2.61. The van der Waals surface area contributed by atoms with Crippen LogP contribution in [0.2, 0.25) is 0 Å². The van der Waals surface area contributed by atoms with Crippen LogP contribution in [0.4, 0.5) is 0 Å². The quantitative estimate of drug-likeness (QED) is 0.0535. The van der Waals surface area contributed by atoms with Gasteiger partial charge in [0.05, 0.1) is 37.9 Å². The van der Waals surface area contributed by atoms with Gasteiger partial charge in [0.2, 0.25) is 0 Å². The molecule has 21 atom stereocenters. The average molecular weight is 2120 g/mol. The van der Waals surface area contributed by atoms with Gasteiger partial charge in [0.1, 0.15) is 39.2 Å². The van der Waals surface area contributed by atoms with Crippen LogP contribution in [0.25, 0.3) is 0 Å². The summed E-state index contributed by atoms with van der Waals surface area (Å²) in [4.78, 5) is 87.0. The fourth-order valence-corrected chi connectivity index (χ4v) is 33.0. The Morgan fingerprint density at radius 2 is 0.613 bits per heavy atom. The van der Waals surface area contributed by atoms with Gasteiger partial charge in [-0.3, -0.25) is 33.6 Å². The van der Waals surface area contributed by atoms with E-state index >= 15 is 0 Å². The van der Waals surface area contributed by atoms with Crippen LogP contribution in [-0.4, -0.2) is 81.0 Å². The molecule has 21 aliphatic rings. The molecule has 0 saturated heterocycles. The van der Waals surface area contributed by atoms with Crippen LogP contribution in [0.15, 0.2) is 0 Å². The van der Waals surface area contributed by atoms with Crippen LogP contribution in [0, 0.1) is 185 Å². The zero-order chi connectivity index (χ0) is 99.9. The van der Waals surface area contributed by atoms with E-state index in [2.05, 4.69) is 104 Å². The van der Waals surface area contributed by atoms with E-state index in [4.69, 9.17) is 33.2 Å². The lowest BCUT2D eigenvalue weighted by molar-refractivity contribution is -0.211. The van der Waals surface area contributed by atoms with Crippen molar-refractivity contribution in [1.29, 1.82) is 0 Å². The van der Waals surface area contributed by atoms with Gasteiger partial charge in [-0.15, -0.1) is 0 Å². The Bertz CT molecular complexity index is 4040. The predicted octanol–water partition coefficient (Wildman–Crippen LogP) is 40.3. The van der Waals surface area contributed by atoms with Crippen LogP contribution < -0.4 is 0 Å². The minimum Gasteiger partial charge on any atom is -0.459 e. The summed E-state index contributed by atoms with van der Waals surface area (Å²) in [7, 11) is 0. The zero-order valence-corrected chi connectivity index (χ0v) is 93.1. The number of fused-ring (bicyclic) bond motifs is 18. The molecule has 0 aromatic carbocycles. The molecule has 21 fully saturated rings. The molecular weight excluding hydrogens is 1860 g/mol. The van der Waals surface area contributed by atoms with Gasteiger partial charge >= 0.3 is 41.8 Å². The zero-order valence-electron chi connectivity index (χ0n) is 93.1. The number of hydrogen-bond donors (Lipinski definition) is 0. The summed E-state index contributed by atoms with van der Waals surface area (Å²) < 4.78 is 42.4. The molecule has 14 nitrogen and oxygen atoms in total. The molecule has 0 N–H and O–H groups in total. The molecule has 21 rings (SSSR count). The van der Waals surface area contributed by atoms with Gasteiger partial charge in [-0.25, -0.2) is 0 Å². The van der Waals surface area contributed by atoms with E-state index in [1.54, 1.807) is 0 Å². The van der Waals surface area contributed by atoms with Crippen LogP contribution in [-0.2, 0) is 66.7 Å². The van der Waals surface area contributed by atoms with E-state index in [-0.39, 0.29) is 228 Å². The Morgan fingerprint density at radius 3 is 1.06 bits per heavy atom. The molecule has 0 spiro atoms. The first kappa shape index (κ1) is 148. The molecule has 0 amide bonds. The molecule has 0 heterocycles. The summed E-state index contributed by atoms with van der Waals surface area (Å²) in [6.45, 7) is 62.1. The molecule has 21 saturated carbocycles. The van der Waals surface area contributed by atoms with Crippen molar-refractivity contribution >= 4 is 41.8 Å². The van der Waals surface area contributed by atoms with Crippen LogP contribution >= 0.6 is 0 Å². The van der Waals surface area contributed by atoms with Gasteiger partial charge in [0, 0.05) is 29.1 Å². The maximum atomic E-state index is 12.6. The second-order valence-electron chi connectivity index (χ2n) is 57.3. The SMILES string of the molecule is C.C.C.C.C.C.C.C.C.C.C.C.C.C.CCC(C)(C)C(=O)OC(C)(C)C12CC3CC(CC(C3)C1)C2.CCC(C)(C)C(=O)OC(C)(C)C1CC2CCC1C2.CCC(C)(C)C(=O)OC1(C)C2CC3CC(C2)CC1C3.CCC(C)(C)C(=O)OC1(C)CC2CC1C1C3CCC(C3)C21.CCC(C)(C)C(=O)OC1(C)CC2CC1C1CCCC21.CCC(C)(C)C(=O)OC1(C)CCC2CCCCC2C1.CCC(C)(C)C(=O)OC1(C)CCCC2CCCCC21. The molecule has 21 aliphatic carbocycles. The highest BCUT2D eigenvalue weighted by Crippen LogP contribution is 2.72. The number of rotatable bonds is 23. The highest BCUT2D eigenvalue weighted by atomic mass is 16.6. The number of esters is 7. The third kappa shape index (κ3) is 31.2. The Labute approximate surface area is 934 Å². The average Bonchev–Trinajstić information content (AvgIpc) is 1.53. The molecule has 890 valence electrons. The van der Waals surface area contributed by atoms with E-state index in [1.165, 1.54) is 218 Å². The minimum atomic E-state index is -0.362. The molecule has 16 bridgehead atoms. The van der Waals surface area contributed by atoms with E-state index in [9.17, 15) is 33.6 Å². The first-order chi connectivity index (χ1) is 63.3. The number of carbonyl (C=O) groups is 7. The fourth-order valence-electron chi connectivity index (χ4n) is 33.0. The van der Waals surface area contributed by atoms with E-state index in [0.29, 0.717) is 35.5 Å². The Hall–Kier alpha value is -3.71. The van der Waals surface area contributed by atoms with E-state index in [1.807, 2.05) is 104 Å². The molecule has 0 aromatic rings. The summed E-state index contributed by atoms with van der Waals surface area (Å²) in [6.07, 6.45) is 57.3. The highest BCUT2D eigenvalue weighted by molar-refractivity contribution is 5.79. The monoisotopic (exact) mass is 2120 g/mol. The van der Waals surface area contributed by atoms with E-state index < -0.39 is 0 Å². The molecule has 0 aliphatic heterocycles. The standard InChI is InChI=1S/C19H30O2.C19H32O2.2C17H28O2.2C17H30O2.C16H28O2.14CH4/c1-5-18(2,3)17(20)21-19(4)10-13-9-14(19)16-12-7-6-11(8-12)15(13)16;1-6-17(2,3)16(20)21-18(4,5)19-10-13-7-14(11-19)9-15(8-13)12-19;1-5-16(2,3)15(18)19-17(4)13-7-11-6-12(9-13)10-14(17)8-11;1-5-16(2,3)15(18)19-17(4)10-11-9-14(17)13-8-6-7-12(11)13;1-5-16(2,3)15(18)19-17(4)12-8-10-13-9-6-7-11-14(13)17;1-5-16(2,3)15(18)19-17(4)11-10-13-8-6-7-9-14(13)12-17;1-6-15(2,3)14(17)18-16(4,5)13-10-11-7-8-12(13)9-11;;;;;;;;;;;;;;/h11-16H,5-10H2,1-4H3;13-15H,6-12H2,1-5H3;2*11-14H,5-10H2,1-4H3;2*13-14H,5-12H2,1-4H3;11-13H,6-10H2,1-5H3;14*1H4. The van der Waals surface area contributed by atoms with Crippen molar-refractivity contribution in [1.82, 2.24) is 0 Å². The van der Waals surface area contributed by atoms with Crippen molar-refractivity contribution in [2.75, 3.05) is 0 Å². The van der Waals surface area contributed by atoms with Gasteiger partial charge in [0.25, 0.3) is 0 Å². The maximum absolute atomic E-state index is 12.6. The predicted molar refractivity (Wildman–Crippen MR) is 642 cm³/mol. The van der Waals surface area contributed by atoms with Crippen molar-refractivity contribution in [2.45, 2.75) is 646 Å². The van der Waals surface area contributed by atoms with Gasteiger partial charge in [0.15, 0.2) is 0 Å². The van der Waals surface area contributed by atoms with Crippen LogP contribution in [0.1, 0.15) is 607 Å². The molecule has 150 heavy (non-hydrogen) atoms.